The molecule has 0 aromatic heterocycles. The summed E-state index contributed by atoms with van der Waals surface area (Å²) in [5.41, 5.74) is 0.00771. The van der Waals surface area contributed by atoms with E-state index in [2.05, 4.69) is 0 Å². The van der Waals surface area contributed by atoms with E-state index in [0.29, 0.717) is 5.75 Å². The van der Waals surface area contributed by atoms with Crippen LogP contribution in [0, 0.1) is 10.1 Å². The number of ether oxygens (including phenoxy) is 1. The number of likely N-dealkylation sites (tertiary alicyclic amines) is 1. The van der Waals surface area contributed by atoms with E-state index in [0.717, 1.165) is 25.8 Å². The molecule has 1 aromatic carbocycles. The number of hydrogen-bond donors (Lipinski definition) is 0. The zero-order valence-electron chi connectivity index (χ0n) is 11.4. The third-order valence-corrected chi connectivity index (χ3v) is 3.53. The lowest BCUT2D eigenvalue weighted by atomic mass is 10.0. The van der Waals surface area contributed by atoms with Crippen molar-refractivity contribution in [3.63, 3.8) is 0 Å². The molecule has 1 aromatic rings. The average molecular weight is 278 g/mol. The number of benzene rings is 1. The van der Waals surface area contributed by atoms with Crippen molar-refractivity contribution in [1.29, 1.82) is 0 Å². The Kier molecular flexibility index (Phi) is 4.55. The number of carbonyl (C=O) groups is 1. The van der Waals surface area contributed by atoms with Gasteiger partial charge >= 0.3 is 0 Å². The first kappa shape index (κ1) is 14.3. The SMILES string of the molecule is CC1CCCCN1C(=O)COc1ccc([N+](=O)[O-])cc1. The second-order valence-corrected chi connectivity index (χ2v) is 4.97. The first-order valence-corrected chi connectivity index (χ1v) is 6.74. The van der Waals surface area contributed by atoms with Gasteiger partial charge in [-0.2, -0.15) is 0 Å². The molecule has 0 radical (unpaired) electrons. The van der Waals surface area contributed by atoms with Crippen molar-refractivity contribution in [3.8, 4) is 5.75 Å². The third kappa shape index (κ3) is 3.46. The Balaban J connectivity index is 1.88. The number of carbonyl (C=O) groups excluding carboxylic acids is 1. The van der Waals surface area contributed by atoms with Gasteiger partial charge in [0, 0.05) is 24.7 Å². The van der Waals surface area contributed by atoms with Crippen LogP contribution in [0.25, 0.3) is 0 Å². The first-order valence-electron chi connectivity index (χ1n) is 6.74. The summed E-state index contributed by atoms with van der Waals surface area (Å²) in [5.74, 6) is 0.434. The van der Waals surface area contributed by atoms with Crippen LogP contribution in [0.1, 0.15) is 26.2 Å². The zero-order chi connectivity index (χ0) is 14.5. The molecule has 20 heavy (non-hydrogen) atoms. The Morgan fingerprint density at radius 1 is 1.40 bits per heavy atom. The largest absolute Gasteiger partial charge is 0.484 e. The maximum Gasteiger partial charge on any atom is 0.269 e. The molecule has 0 bridgehead atoms. The standard InChI is InChI=1S/C14H18N2O4/c1-11-4-2-3-9-15(11)14(17)10-20-13-7-5-12(6-8-13)16(18)19/h5-8,11H,2-4,9-10H2,1H3. The molecular formula is C14H18N2O4. The van der Waals surface area contributed by atoms with Crippen molar-refractivity contribution in [1.82, 2.24) is 4.90 Å². The van der Waals surface area contributed by atoms with Crippen molar-refractivity contribution in [2.24, 2.45) is 0 Å². The number of non-ortho nitro benzene ring substituents is 1. The smallest absolute Gasteiger partial charge is 0.269 e. The van der Waals surface area contributed by atoms with Gasteiger partial charge in [0.25, 0.3) is 11.6 Å². The lowest BCUT2D eigenvalue weighted by Gasteiger charge is -2.33. The molecule has 0 aliphatic carbocycles. The maximum absolute atomic E-state index is 12.0. The molecule has 0 N–H and O–H groups in total. The predicted octanol–water partition coefficient (Wildman–Crippen LogP) is 2.37. The lowest BCUT2D eigenvalue weighted by Crippen LogP contribution is -2.44. The van der Waals surface area contributed by atoms with E-state index in [9.17, 15) is 14.9 Å². The molecule has 1 aliphatic rings. The Bertz CT molecular complexity index is 486. The van der Waals surface area contributed by atoms with E-state index < -0.39 is 4.92 Å². The van der Waals surface area contributed by atoms with Crippen LogP contribution in [0.3, 0.4) is 0 Å². The van der Waals surface area contributed by atoms with Gasteiger partial charge in [0.2, 0.25) is 0 Å². The second kappa shape index (κ2) is 6.36. The zero-order valence-corrected chi connectivity index (χ0v) is 11.4. The maximum atomic E-state index is 12.0. The van der Waals surface area contributed by atoms with E-state index in [-0.39, 0.29) is 24.2 Å². The minimum atomic E-state index is -0.468. The highest BCUT2D eigenvalue weighted by molar-refractivity contribution is 5.78. The molecule has 0 saturated carbocycles. The van der Waals surface area contributed by atoms with Crippen LogP contribution in [0.4, 0.5) is 5.69 Å². The summed E-state index contributed by atoms with van der Waals surface area (Å²) < 4.78 is 5.39. The highest BCUT2D eigenvalue weighted by Gasteiger charge is 2.23. The fraction of sp³-hybridized carbons (Fsp3) is 0.500. The summed E-state index contributed by atoms with van der Waals surface area (Å²) in [6, 6.07) is 6.00. The number of hydrogen-bond acceptors (Lipinski definition) is 4. The fourth-order valence-electron chi connectivity index (χ4n) is 2.36. The molecule has 6 heteroatoms. The van der Waals surface area contributed by atoms with Gasteiger partial charge in [-0.05, 0) is 38.3 Å². The Morgan fingerprint density at radius 2 is 2.10 bits per heavy atom. The third-order valence-electron chi connectivity index (χ3n) is 3.53. The van der Waals surface area contributed by atoms with Crippen LogP contribution in [-0.2, 0) is 4.79 Å². The second-order valence-electron chi connectivity index (χ2n) is 4.97. The van der Waals surface area contributed by atoms with Crippen molar-refractivity contribution in [2.75, 3.05) is 13.2 Å². The molecule has 1 heterocycles. The summed E-state index contributed by atoms with van der Waals surface area (Å²) in [4.78, 5) is 23.9. The lowest BCUT2D eigenvalue weighted by molar-refractivity contribution is -0.384. The molecule has 1 fully saturated rings. The Hall–Kier alpha value is -2.11. The van der Waals surface area contributed by atoms with Crippen molar-refractivity contribution >= 4 is 11.6 Å². The number of piperidine rings is 1. The summed E-state index contributed by atoms with van der Waals surface area (Å²) in [6.45, 7) is 2.80. The predicted molar refractivity (Wildman–Crippen MR) is 73.6 cm³/mol. The molecule has 2 rings (SSSR count). The number of nitrogens with zero attached hydrogens (tertiary/aromatic N) is 2. The van der Waals surface area contributed by atoms with E-state index in [1.807, 2.05) is 11.8 Å². The Morgan fingerprint density at radius 3 is 2.70 bits per heavy atom. The average Bonchev–Trinajstić information content (AvgIpc) is 2.45. The Labute approximate surface area is 117 Å². The van der Waals surface area contributed by atoms with Gasteiger partial charge in [-0.15, -0.1) is 0 Å². The van der Waals surface area contributed by atoms with Gasteiger partial charge in [0.15, 0.2) is 6.61 Å². The minimum Gasteiger partial charge on any atom is -0.484 e. The number of rotatable bonds is 4. The molecular weight excluding hydrogens is 260 g/mol. The summed E-state index contributed by atoms with van der Waals surface area (Å²) in [6.07, 6.45) is 3.23. The molecule has 108 valence electrons. The van der Waals surface area contributed by atoms with Crippen molar-refractivity contribution in [2.45, 2.75) is 32.2 Å². The number of nitro benzene ring substituents is 1. The van der Waals surface area contributed by atoms with Crippen LogP contribution >= 0.6 is 0 Å². The van der Waals surface area contributed by atoms with Crippen molar-refractivity contribution < 1.29 is 14.5 Å². The number of nitro groups is 1. The first-order chi connectivity index (χ1) is 9.58. The van der Waals surface area contributed by atoms with Gasteiger partial charge in [-0.25, -0.2) is 0 Å². The summed E-state index contributed by atoms with van der Waals surface area (Å²) in [7, 11) is 0. The van der Waals surface area contributed by atoms with Crippen molar-refractivity contribution in [3.05, 3.63) is 34.4 Å². The molecule has 1 aliphatic heterocycles. The quantitative estimate of drug-likeness (QED) is 0.626. The van der Waals surface area contributed by atoms with E-state index >= 15 is 0 Å². The van der Waals surface area contributed by atoms with Gasteiger partial charge in [-0.1, -0.05) is 0 Å². The van der Waals surface area contributed by atoms with Crippen LogP contribution < -0.4 is 4.74 Å². The molecule has 1 atom stereocenters. The summed E-state index contributed by atoms with van der Waals surface area (Å²) in [5, 5.41) is 10.5. The van der Waals surface area contributed by atoms with Gasteiger partial charge in [-0.3, -0.25) is 14.9 Å². The van der Waals surface area contributed by atoms with Crippen LogP contribution in [-0.4, -0.2) is 34.9 Å². The highest BCUT2D eigenvalue weighted by atomic mass is 16.6. The monoisotopic (exact) mass is 278 g/mol. The van der Waals surface area contributed by atoms with Gasteiger partial charge < -0.3 is 9.64 Å². The number of amides is 1. The highest BCUT2D eigenvalue weighted by Crippen LogP contribution is 2.19. The fourth-order valence-corrected chi connectivity index (χ4v) is 2.36. The van der Waals surface area contributed by atoms with Gasteiger partial charge in [0.05, 0.1) is 4.92 Å². The van der Waals surface area contributed by atoms with Gasteiger partial charge in [0.1, 0.15) is 5.75 Å². The topological polar surface area (TPSA) is 72.7 Å². The van der Waals surface area contributed by atoms with Crippen LogP contribution in [0.2, 0.25) is 0 Å². The molecule has 6 nitrogen and oxygen atoms in total. The minimum absolute atomic E-state index is 0.00771. The molecule has 0 spiro atoms. The molecule has 1 saturated heterocycles. The summed E-state index contributed by atoms with van der Waals surface area (Å²) >= 11 is 0. The van der Waals surface area contributed by atoms with E-state index in [1.54, 1.807) is 0 Å². The normalized spacial score (nSPS) is 18.6. The van der Waals surface area contributed by atoms with E-state index in [1.165, 1.54) is 24.3 Å². The van der Waals surface area contributed by atoms with Crippen LogP contribution in [0.5, 0.6) is 5.75 Å². The van der Waals surface area contributed by atoms with E-state index in [4.69, 9.17) is 4.74 Å². The molecule has 1 amide bonds. The van der Waals surface area contributed by atoms with Crippen LogP contribution in [0.15, 0.2) is 24.3 Å². The molecule has 1 unspecified atom stereocenters.